The minimum Gasteiger partial charge on any atom is -0.494 e. The van der Waals surface area contributed by atoms with Gasteiger partial charge in [-0.1, -0.05) is 25.5 Å². The van der Waals surface area contributed by atoms with Crippen molar-refractivity contribution < 1.29 is 23.8 Å². The molecule has 0 bridgehead atoms. The summed E-state index contributed by atoms with van der Waals surface area (Å²) in [5.41, 5.74) is 3.19. The second kappa shape index (κ2) is 12.5. The van der Waals surface area contributed by atoms with Crippen LogP contribution in [0.15, 0.2) is 52.2 Å². The predicted molar refractivity (Wildman–Crippen MR) is 161 cm³/mol. The average molecular weight is 590 g/mol. The molecule has 3 heterocycles. The lowest BCUT2D eigenvalue weighted by Gasteiger charge is -2.15. The first-order valence-electron chi connectivity index (χ1n) is 13.5. The second-order valence-corrected chi connectivity index (χ2v) is 10.6. The van der Waals surface area contributed by atoms with Gasteiger partial charge in [0.15, 0.2) is 17.0 Å². The molecule has 1 N–H and O–H groups in total. The fourth-order valence-corrected chi connectivity index (χ4v) is 5.45. The number of aromatic nitrogens is 4. The van der Waals surface area contributed by atoms with Crippen LogP contribution in [-0.4, -0.2) is 51.3 Å². The van der Waals surface area contributed by atoms with Crippen LogP contribution in [0.5, 0.6) is 17.2 Å². The number of carbonyl (C=O) groups is 2. The molecule has 1 saturated heterocycles. The molecule has 0 saturated carbocycles. The second-order valence-electron chi connectivity index (χ2n) is 9.60. The third-order valence-electron chi connectivity index (χ3n) is 6.76. The first-order chi connectivity index (χ1) is 20.3. The van der Waals surface area contributed by atoms with E-state index in [1.165, 1.54) is 0 Å². The summed E-state index contributed by atoms with van der Waals surface area (Å²) in [4.78, 5) is 42.3. The summed E-state index contributed by atoms with van der Waals surface area (Å²) in [6.07, 6.45) is 3.79. The van der Waals surface area contributed by atoms with E-state index < -0.39 is 5.91 Å². The van der Waals surface area contributed by atoms with Crippen LogP contribution in [0.4, 0.5) is 4.79 Å². The summed E-state index contributed by atoms with van der Waals surface area (Å²) >= 11 is 0.876. The minimum absolute atomic E-state index is 0.174. The lowest BCUT2D eigenvalue weighted by atomic mass is 10.1. The molecule has 1 fully saturated rings. The van der Waals surface area contributed by atoms with E-state index in [0.29, 0.717) is 65.0 Å². The van der Waals surface area contributed by atoms with E-state index >= 15 is 0 Å². The summed E-state index contributed by atoms with van der Waals surface area (Å²) in [7, 11) is 4.91. The molecule has 0 aliphatic carbocycles. The first-order valence-corrected chi connectivity index (χ1v) is 14.3. The van der Waals surface area contributed by atoms with Gasteiger partial charge in [0.1, 0.15) is 17.1 Å². The van der Waals surface area contributed by atoms with Gasteiger partial charge in [0.2, 0.25) is 0 Å². The zero-order chi connectivity index (χ0) is 29.8. The standard InChI is InChI=1S/C30H31N5O6S/c1-5-7-21-25-26(34(2)33-21)29(37)35(27(31-25)19-10-13-22(39-3)23(17-19)40-4)14-6-15-41-20-11-8-18(9-12-20)16-24-28(36)32-30(38)42-24/h8-13,16-17H,5-7,14-15H2,1-4H3,(H,32,36,38). The number of methoxy groups -OCH3 is 2. The van der Waals surface area contributed by atoms with E-state index in [2.05, 4.69) is 17.3 Å². The highest BCUT2D eigenvalue weighted by molar-refractivity contribution is 8.18. The van der Waals surface area contributed by atoms with E-state index in [9.17, 15) is 14.4 Å². The number of hydrogen-bond acceptors (Lipinski definition) is 9. The van der Waals surface area contributed by atoms with E-state index in [1.807, 2.05) is 24.3 Å². The van der Waals surface area contributed by atoms with Crippen LogP contribution in [0.25, 0.3) is 28.5 Å². The molecule has 0 unspecified atom stereocenters. The number of ether oxygens (including phenoxy) is 3. The van der Waals surface area contributed by atoms with E-state index in [1.54, 1.807) is 54.8 Å². The van der Waals surface area contributed by atoms with Gasteiger partial charge < -0.3 is 14.2 Å². The lowest BCUT2D eigenvalue weighted by Crippen LogP contribution is -2.25. The SMILES string of the molecule is CCCc1nn(C)c2c(=O)n(CCCOc3ccc(C=C4SC(=O)NC4=O)cc3)c(-c3ccc(OC)c(OC)c3)nc12. The van der Waals surface area contributed by atoms with E-state index in [-0.39, 0.29) is 10.8 Å². The van der Waals surface area contributed by atoms with Crippen molar-refractivity contribution in [2.75, 3.05) is 20.8 Å². The van der Waals surface area contributed by atoms with Gasteiger partial charge in [-0.2, -0.15) is 5.10 Å². The van der Waals surface area contributed by atoms with Crippen molar-refractivity contribution in [1.29, 1.82) is 0 Å². The highest BCUT2D eigenvalue weighted by Gasteiger charge is 2.25. The number of aryl methyl sites for hydroxylation is 2. The number of nitrogens with zero attached hydrogens (tertiary/aromatic N) is 4. The van der Waals surface area contributed by atoms with Crippen molar-refractivity contribution in [3.8, 4) is 28.6 Å². The zero-order valence-electron chi connectivity index (χ0n) is 23.8. The van der Waals surface area contributed by atoms with Crippen molar-refractivity contribution >= 4 is 40.0 Å². The van der Waals surface area contributed by atoms with Gasteiger partial charge in [-0.15, -0.1) is 0 Å². The Balaban J connectivity index is 1.38. The molecule has 2 aromatic heterocycles. The summed E-state index contributed by atoms with van der Waals surface area (Å²) in [6.45, 7) is 2.79. The number of thioether (sulfide) groups is 1. The van der Waals surface area contributed by atoms with Crippen LogP contribution < -0.4 is 25.1 Å². The van der Waals surface area contributed by atoms with Gasteiger partial charge in [0.25, 0.3) is 16.7 Å². The van der Waals surface area contributed by atoms with Gasteiger partial charge in [-0.05, 0) is 66.6 Å². The molecular weight excluding hydrogens is 558 g/mol. The molecule has 1 aliphatic rings. The number of hydrogen-bond donors (Lipinski definition) is 1. The molecule has 11 nitrogen and oxygen atoms in total. The summed E-state index contributed by atoms with van der Waals surface area (Å²) in [5, 5.41) is 6.45. The monoisotopic (exact) mass is 589 g/mol. The fraction of sp³-hybridized carbons (Fsp3) is 0.300. The van der Waals surface area contributed by atoms with Crippen LogP contribution in [0.1, 0.15) is 31.0 Å². The number of fused-ring (bicyclic) bond motifs is 1. The van der Waals surface area contributed by atoms with Crippen molar-refractivity contribution in [3.63, 3.8) is 0 Å². The molecule has 0 radical (unpaired) electrons. The average Bonchev–Trinajstić information content (AvgIpc) is 3.48. The Bertz CT molecular complexity index is 1740. The molecule has 2 aromatic carbocycles. The van der Waals surface area contributed by atoms with Crippen molar-refractivity contribution in [3.05, 3.63) is 69.0 Å². The largest absolute Gasteiger partial charge is 0.494 e. The Labute approximate surface area is 246 Å². The van der Waals surface area contributed by atoms with E-state index in [0.717, 1.165) is 35.0 Å². The Hall–Kier alpha value is -4.58. The molecule has 5 rings (SSSR count). The number of carbonyl (C=O) groups excluding carboxylic acids is 2. The molecule has 42 heavy (non-hydrogen) atoms. The predicted octanol–water partition coefficient (Wildman–Crippen LogP) is 4.56. The zero-order valence-corrected chi connectivity index (χ0v) is 24.6. The molecule has 12 heteroatoms. The summed E-state index contributed by atoms with van der Waals surface area (Å²) < 4.78 is 20.1. The molecule has 0 spiro atoms. The topological polar surface area (TPSA) is 127 Å². The fourth-order valence-electron chi connectivity index (χ4n) is 4.77. The van der Waals surface area contributed by atoms with Gasteiger partial charge >= 0.3 is 0 Å². The van der Waals surface area contributed by atoms with Gasteiger partial charge in [0, 0.05) is 19.2 Å². The smallest absolute Gasteiger partial charge is 0.290 e. The number of imide groups is 1. The molecule has 1 aliphatic heterocycles. The van der Waals surface area contributed by atoms with Crippen LogP contribution >= 0.6 is 11.8 Å². The number of benzene rings is 2. The molecule has 0 atom stereocenters. The third kappa shape index (κ3) is 5.89. The maximum atomic E-state index is 13.8. The highest BCUT2D eigenvalue weighted by Crippen LogP contribution is 2.32. The summed E-state index contributed by atoms with van der Waals surface area (Å²) in [6, 6.07) is 12.7. The van der Waals surface area contributed by atoms with Gasteiger partial charge in [0.05, 0.1) is 31.4 Å². The van der Waals surface area contributed by atoms with E-state index in [4.69, 9.17) is 19.2 Å². The Morgan fingerprint density at radius 2 is 1.79 bits per heavy atom. The number of nitrogens with one attached hydrogen (secondary N) is 1. The number of rotatable bonds is 11. The van der Waals surface area contributed by atoms with Crippen molar-refractivity contribution in [2.45, 2.75) is 32.7 Å². The third-order valence-corrected chi connectivity index (χ3v) is 7.57. The van der Waals surface area contributed by atoms with Crippen molar-refractivity contribution in [2.24, 2.45) is 7.05 Å². The molecule has 218 valence electrons. The maximum absolute atomic E-state index is 13.8. The van der Waals surface area contributed by atoms with Gasteiger partial charge in [-0.25, -0.2) is 4.98 Å². The van der Waals surface area contributed by atoms with Crippen LogP contribution in [0.3, 0.4) is 0 Å². The first kappa shape index (κ1) is 28.9. The van der Waals surface area contributed by atoms with Crippen molar-refractivity contribution in [1.82, 2.24) is 24.6 Å². The highest BCUT2D eigenvalue weighted by atomic mass is 32.2. The minimum atomic E-state index is -0.395. The normalized spacial score (nSPS) is 14.0. The molecule has 4 aromatic rings. The Morgan fingerprint density at radius 3 is 2.45 bits per heavy atom. The summed E-state index contributed by atoms with van der Waals surface area (Å²) in [5.74, 6) is 1.89. The van der Waals surface area contributed by atoms with Crippen LogP contribution in [0, 0.1) is 0 Å². The number of amides is 2. The Morgan fingerprint density at radius 1 is 1.02 bits per heavy atom. The Kier molecular flexibility index (Phi) is 8.62. The quantitative estimate of drug-likeness (QED) is 0.198. The maximum Gasteiger partial charge on any atom is 0.290 e. The van der Waals surface area contributed by atoms with Crippen LogP contribution in [0.2, 0.25) is 0 Å². The van der Waals surface area contributed by atoms with Gasteiger partial charge in [-0.3, -0.25) is 28.9 Å². The molecular formula is C30H31N5O6S. The molecule has 2 amide bonds. The lowest BCUT2D eigenvalue weighted by molar-refractivity contribution is -0.115. The van der Waals surface area contributed by atoms with Crippen LogP contribution in [-0.2, 0) is 24.8 Å².